The van der Waals surface area contributed by atoms with Crippen LogP contribution in [0.25, 0.3) is 22.2 Å². The summed E-state index contributed by atoms with van der Waals surface area (Å²) in [5, 5.41) is 7.12. The molecule has 170 valence electrons. The number of nitrogens with zero attached hydrogens (tertiary/aromatic N) is 2. The summed E-state index contributed by atoms with van der Waals surface area (Å²) in [4.78, 5) is 20.9. The molecule has 0 radical (unpaired) electrons. The molecule has 2 N–H and O–H groups in total. The van der Waals surface area contributed by atoms with Gasteiger partial charge in [-0.05, 0) is 47.5 Å². The van der Waals surface area contributed by atoms with Crippen LogP contribution < -0.4 is 9.47 Å². The summed E-state index contributed by atoms with van der Waals surface area (Å²) in [7, 11) is 0. The Morgan fingerprint density at radius 3 is 2.45 bits per heavy atom. The molecule has 0 bridgehead atoms. The second-order valence-corrected chi connectivity index (χ2v) is 6.90. The Morgan fingerprint density at radius 2 is 1.76 bits per heavy atom. The zero-order valence-electron chi connectivity index (χ0n) is 16.6. The predicted octanol–water partition coefficient (Wildman–Crippen LogP) is 4.91. The molecule has 1 aliphatic rings. The van der Waals surface area contributed by atoms with Crippen LogP contribution in [-0.2, 0) is 4.79 Å². The van der Waals surface area contributed by atoms with Crippen molar-refractivity contribution in [2.24, 2.45) is 0 Å². The van der Waals surface area contributed by atoms with Gasteiger partial charge in [0.2, 0.25) is 0 Å². The molecule has 0 spiro atoms. The number of imidazole rings is 1. The lowest BCUT2D eigenvalue weighted by Crippen LogP contribution is -2.22. The third-order valence-corrected chi connectivity index (χ3v) is 4.63. The number of carbonyl (C=O) groups is 1. The topological polar surface area (TPSA) is 97.3 Å². The average molecular weight is 461 g/mol. The number of halogens is 4. The van der Waals surface area contributed by atoms with Crippen molar-refractivity contribution in [3.8, 4) is 22.6 Å². The molecule has 5 rings (SSSR count). The van der Waals surface area contributed by atoms with Crippen molar-refractivity contribution in [3.05, 3.63) is 72.6 Å². The second-order valence-electron chi connectivity index (χ2n) is 6.90. The van der Waals surface area contributed by atoms with Crippen molar-refractivity contribution in [1.82, 2.24) is 15.0 Å². The second kappa shape index (κ2) is 8.77. The van der Waals surface area contributed by atoms with E-state index in [9.17, 15) is 17.6 Å². The minimum absolute atomic E-state index is 0.271. The highest BCUT2D eigenvalue weighted by Gasteiger charge is 2.38. The molecule has 0 amide bonds. The number of pyridine rings is 1. The van der Waals surface area contributed by atoms with Crippen molar-refractivity contribution in [1.29, 1.82) is 0 Å². The van der Waals surface area contributed by atoms with E-state index in [0.29, 0.717) is 17.3 Å². The van der Waals surface area contributed by atoms with Crippen LogP contribution in [-0.4, -0.2) is 38.8 Å². The van der Waals surface area contributed by atoms with Crippen LogP contribution in [0.1, 0.15) is 11.9 Å². The first-order chi connectivity index (χ1) is 15.7. The van der Waals surface area contributed by atoms with Gasteiger partial charge in [-0.25, -0.2) is 14.2 Å². The Hall–Kier alpha value is -4.15. The molecule has 0 aliphatic carbocycles. The molecule has 1 atom stereocenters. The van der Waals surface area contributed by atoms with Gasteiger partial charge in [0.05, 0.1) is 11.0 Å². The van der Waals surface area contributed by atoms with Gasteiger partial charge < -0.3 is 19.6 Å². The summed E-state index contributed by atoms with van der Waals surface area (Å²) in [5.41, 5.74) is 3.94. The van der Waals surface area contributed by atoms with E-state index in [1.807, 2.05) is 30.3 Å². The Bertz CT molecular complexity index is 1290. The van der Waals surface area contributed by atoms with Crippen molar-refractivity contribution >= 4 is 17.0 Å². The van der Waals surface area contributed by atoms with E-state index in [1.54, 1.807) is 18.5 Å². The first-order valence-electron chi connectivity index (χ1n) is 9.50. The fraction of sp³-hybridized carbons (Fsp3) is 0.136. The minimum atomic E-state index is -5.08. The van der Waals surface area contributed by atoms with Crippen molar-refractivity contribution < 1.29 is 36.9 Å². The van der Waals surface area contributed by atoms with Crippen LogP contribution in [0.4, 0.5) is 17.6 Å². The molecule has 7 nitrogen and oxygen atoms in total. The number of aromatic amines is 1. The third kappa shape index (κ3) is 5.03. The lowest BCUT2D eigenvalue weighted by atomic mass is 10.1. The van der Waals surface area contributed by atoms with Gasteiger partial charge in [-0.2, -0.15) is 13.2 Å². The number of rotatable bonds is 2. The smallest absolute Gasteiger partial charge is 0.485 e. The summed E-state index contributed by atoms with van der Waals surface area (Å²) in [6.07, 6.45) is -1.92. The van der Waals surface area contributed by atoms with Crippen molar-refractivity contribution in [2.75, 3.05) is 6.61 Å². The number of benzene rings is 2. The standard InChI is InChI=1S/C20H14FN3O2.C2HF3O2/c21-14-2-4-17-18(10-14)25-11-19(26-17)20-23-15-3-1-13(9-16(15)24-20)12-5-7-22-8-6-12;3-2(4,5)1(6)7/h1-10,19H,11H2,(H,23,24);(H,6,7). The van der Waals surface area contributed by atoms with Gasteiger partial charge in [0.15, 0.2) is 23.4 Å². The number of aliphatic carboxylic acids is 1. The van der Waals surface area contributed by atoms with E-state index in [4.69, 9.17) is 19.4 Å². The minimum Gasteiger partial charge on any atom is -0.485 e. The summed E-state index contributed by atoms with van der Waals surface area (Å²) >= 11 is 0. The van der Waals surface area contributed by atoms with Crippen LogP contribution in [0, 0.1) is 5.82 Å². The number of H-pyrrole nitrogens is 1. The van der Waals surface area contributed by atoms with Crippen LogP contribution in [0.5, 0.6) is 11.5 Å². The van der Waals surface area contributed by atoms with Gasteiger partial charge in [0, 0.05) is 18.5 Å². The molecule has 11 heteroatoms. The zero-order valence-corrected chi connectivity index (χ0v) is 16.6. The zero-order chi connectivity index (χ0) is 23.6. The highest BCUT2D eigenvalue weighted by atomic mass is 19.4. The molecule has 0 fully saturated rings. The van der Waals surface area contributed by atoms with Crippen molar-refractivity contribution in [3.63, 3.8) is 0 Å². The fourth-order valence-electron chi connectivity index (χ4n) is 3.09. The van der Waals surface area contributed by atoms with E-state index in [1.165, 1.54) is 12.1 Å². The summed E-state index contributed by atoms with van der Waals surface area (Å²) in [6, 6.07) is 14.2. The molecule has 1 unspecified atom stereocenters. The number of nitrogens with one attached hydrogen (secondary N) is 1. The van der Waals surface area contributed by atoms with Gasteiger partial charge in [-0.15, -0.1) is 0 Å². The molecular weight excluding hydrogens is 446 g/mol. The lowest BCUT2D eigenvalue weighted by molar-refractivity contribution is -0.192. The number of hydrogen-bond acceptors (Lipinski definition) is 5. The normalized spacial score (nSPS) is 15.0. The molecule has 2 aromatic carbocycles. The third-order valence-electron chi connectivity index (χ3n) is 4.63. The van der Waals surface area contributed by atoms with E-state index < -0.39 is 12.1 Å². The Morgan fingerprint density at radius 1 is 1.03 bits per heavy atom. The summed E-state index contributed by atoms with van der Waals surface area (Å²) in [5.74, 6) is -1.49. The molecule has 0 saturated heterocycles. The Labute approximate surface area is 183 Å². The first-order valence-corrected chi connectivity index (χ1v) is 9.50. The summed E-state index contributed by atoms with van der Waals surface area (Å²) in [6.45, 7) is 0.271. The maximum absolute atomic E-state index is 13.3. The Kier molecular flexibility index (Phi) is 5.86. The van der Waals surface area contributed by atoms with Gasteiger partial charge in [0.1, 0.15) is 12.4 Å². The molecule has 2 aromatic heterocycles. The molecule has 1 aliphatic heterocycles. The maximum Gasteiger partial charge on any atom is 0.490 e. The number of hydrogen-bond donors (Lipinski definition) is 2. The fourth-order valence-corrected chi connectivity index (χ4v) is 3.09. The monoisotopic (exact) mass is 461 g/mol. The quantitative estimate of drug-likeness (QED) is 0.412. The molecule has 0 saturated carbocycles. The number of carboxylic acids is 1. The number of ether oxygens (including phenoxy) is 2. The van der Waals surface area contributed by atoms with Crippen LogP contribution in [0.2, 0.25) is 0 Å². The number of fused-ring (bicyclic) bond motifs is 2. The highest BCUT2D eigenvalue weighted by Crippen LogP contribution is 2.36. The summed E-state index contributed by atoms with van der Waals surface area (Å²) < 4.78 is 56.6. The van der Waals surface area contributed by atoms with E-state index in [2.05, 4.69) is 15.0 Å². The molecule has 3 heterocycles. The first kappa shape index (κ1) is 22.1. The van der Waals surface area contributed by atoms with Gasteiger partial charge >= 0.3 is 12.1 Å². The highest BCUT2D eigenvalue weighted by molar-refractivity contribution is 5.82. The van der Waals surface area contributed by atoms with Crippen LogP contribution in [0.15, 0.2) is 60.9 Å². The van der Waals surface area contributed by atoms with Gasteiger partial charge in [-0.3, -0.25) is 4.98 Å². The largest absolute Gasteiger partial charge is 0.490 e. The van der Waals surface area contributed by atoms with E-state index >= 15 is 0 Å². The van der Waals surface area contributed by atoms with Crippen LogP contribution >= 0.6 is 0 Å². The predicted molar refractivity (Wildman–Crippen MR) is 108 cm³/mol. The molecule has 4 aromatic rings. The maximum atomic E-state index is 13.3. The lowest BCUT2D eigenvalue weighted by Gasteiger charge is -2.25. The number of aromatic nitrogens is 3. The average Bonchev–Trinajstić information content (AvgIpc) is 3.22. The number of carboxylic acid groups (broad SMARTS) is 1. The number of alkyl halides is 3. The van der Waals surface area contributed by atoms with Gasteiger partial charge in [-0.1, -0.05) is 6.07 Å². The Balaban J connectivity index is 0.000000325. The van der Waals surface area contributed by atoms with Crippen molar-refractivity contribution in [2.45, 2.75) is 12.3 Å². The van der Waals surface area contributed by atoms with Gasteiger partial charge in [0.25, 0.3) is 0 Å². The molecular formula is C22H15F4N3O4. The molecule has 33 heavy (non-hydrogen) atoms. The van der Waals surface area contributed by atoms with Crippen LogP contribution in [0.3, 0.4) is 0 Å². The van der Waals surface area contributed by atoms with E-state index in [0.717, 1.165) is 22.2 Å². The SMILES string of the molecule is Fc1ccc2c(c1)OCC(c1nc3ccc(-c4ccncc4)cc3[nH]1)O2.O=C(O)C(F)(F)F. The van der Waals surface area contributed by atoms with E-state index in [-0.39, 0.29) is 18.5 Å².